The van der Waals surface area contributed by atoms with Gasteiger partial charge in [-0.05, 0) is 43.4 Å². The summed E-state index contributed by atoms with van der Waals surface area (Å²) in [5.74, 6) is 0.885. The van der Waals surface area contributed by atoms with Gasteiger partial charge in [0, 0.05) is 58.3 Å². The highest BCUT2D eigenvalue weighted by Gasteiger charge is 2.24. The molecule has 2 aliphatic heterocycles. The molecule has 1 atom stereocenters. The molecule has 0 saturated carbocycles. The number of carbonyl (C=O) groups excluding carboxylic acids is 2. The average Bonchev–Trinajstić information content (AvgIpc) is 3.40. The smallest absolute Gasteiger partial charge is 0.270 e. The summed E-state index contributed by atoms with van der Waals surface area (Å²) in [6, 6.07) is 5.64. The highest BCUT2D eigenvalue weighted by molar-refractivity contribution is 7.59. The minimum Gasteiger partial charge on any atom is -0.487 e. The number of benzene rings is 1. The Morgan fingerprint density at radius 3 is 2.74 bits per heavy atom. The second kappa shape index (κ2) is 14.9. The van der Waals surface area contributed by atoms with E-state index in [1.54, 1.807) is 19.3 Å². The molecule has 232 valence electrons. The van der Waals surface area contributed by atoms with Crippen molar-refractivity contribution in [2.75, 3.05) is 38.0 Å². The lowest BCUT2D eigenvalue weighted by molar-refractivity contribution is -0.129. The van der Waals surface area contributed by atoms with Crippen LogP contribution >= 0.6 is 25.1 Å². The van der Waals surface area contributed by atoms with Crippen LogP contribution in [0.4, 0.5) is 5.82 Å². The number of nitrogens with one attached hydrogen (secondary N) is 2. The fourth-order valence-electron chi connectivity index (χ4n) is 5.29. The van der Waals surface area contributed by atoms with Gasteiger partial charge in [0.1, 0.15) is 36.5 Å². The second-order valence-electron chi connectivity index (χ2n) is 10.8. The molecule has 0 unspecified atom stereocenters. The maximum absolute atomic E-state index is 12.8. The number of β-amino-alcohol motifs (C(OH)–C–C–N with tert-alkyl or cyclic N) is 1. The Morgan fingerprint density at radius 1 is 1.23 bits per heavy atom. The lowest BCUT2D eigenvalue weighted by Crippen LogP contribution is -2.42. The summed E-state index contributed by atoms with van der Waals surface area (Å²) in [5, 5.41) is 21.3. The number of aromatic nitrogens is 3. The fourth-order valence-corrected chi connectivity index (χ4v) is 5.63. The Balaban J connectivity index is 0.00000423. The summed E-state index contributed by atoms with van der Waals surface area (Å²) in [5.41, 5.74) is 4.01. The number of likely N-dealkylation sites (tertiary alicyclic amines) is 1. The van der Waals surface area contributed by atoms with Gasteiger partial charge in [-0.3, -0.25) is 14.5 Å². The molecule has 2 aromatic heterocycles. The molecule has 2 aliphatic rings. The number of halogens is 1. The van der Waals surface area contributed by atoms with E-state index < -0.39 is 6.10 Å². The number of aliphatic hydroxyl groups is 1. The van der Waals surface area contributed by atoms with Gasteiger partial charge < -0.3 is 29.9 Å². The zero-order valence-corrected chi connectivity index (χ0v) is 26.1. The zero-order valence-electron chi connectivity index (χ0n) is 24.3. The maximum Gasteiger partial charge on any atom is 0.270 e. The number of rotatable bonds is 10. The predicted molar refractivity (Wildman–Crippen MR) is 166 cm³/mol. The standard InChI is InChI=1S/C29H36ClN7O5.H2S/c1-18-21(16-42-35-18)15-41-26-4-3-20-13-36(8-7-24(20)28(26)30)14-23(39)12-31-29(40)25-11-27(33-17-32-25)34-22-5-9-37(10-6-22)19(2)38;/h3-4,11,16-17,22-23,39H,5-10,12-15H2,1-2H3,(H,31,40)(H,32,33,34);1H2/t23-;/m0./s1. The van der Waals surface area contributed by atoms with Crippen molar-refractivity contribution in [3.05, 3.63) is 63.9 Å². The van der Waals surface area contributed by atoms with Crippen molar-refractivity contribution in [1.29, 1.82) is 0 Å². The molecule has 1 fully saturated rings. The van der Waals surface area contributed by atoms with Crippen LogP contribution < -0.4 is 15.4 Å². The minimum atomic E-state index is -0.758. The first-order chi connectivity index (χ1) is 20.3. The number of aryl methyl sites for hydroxylation is 1. The maximum atomic E-state index is 12.8. The summed E-state index contributed by atoms with van der Waals surface area (Å²) in [6.07, 6.45) is 4.50. The number of anilines is 1. The summed E-state index contributed by atoms with van der Waals surface area (Å²) in [7, 11) is 0. The molecule has 5 rings (SSSR count). The molecular weight excluding hydrogens is 594 g/mol. The number of nitrogens with zero attached hydrogens (tertiary/aromatic N) is 5. The molecule has 12 nitrogen and oxygen atoms in total. The van der Waals surface area contributed by atoms with Crippen LogP contribution in [0.2, 0.25) is 5.02 Å². The van der Waals surface area contributed by atoms with Gasteiger partial charge in [-0.2, -0.15) is 13.5 Å². The zero-order chi connectivity index (χ0) is 29.6. The average molecular weight is 632 g/mol. The lowest BCUT2D eigenvalue weighted by atomic mass is 9.99. The molecule has 0 bridgehead atoms. The number of ether oxygens (including phenoxy) is 1. The predicted octanol–water partition coefficient (Wildman–Crippen LogP) is 2.69. The summed E-state index contributed by atoms with van der Waals surface area (Å²) in [6.45, 7) is 7.00. The van der Waals surface area contributed by atoms with Crippen LogP contribution in [0.25, 0.3) is 0 Å². The number of fused-ring (bicyclic) bond motifs is 1. The highest BCUT2D eigenvalue weighted by Crippen LogP contribution is 2.34. The van der Waals surface area contributed by atoms with Crippen molar-refractivity contribution < 1.29 is 24.0 Å². The Kier molecular flexibility index (Phi) is 11.2. The van der Waals surface area contributed by atoms with E-state index in [4.69, 9.17) is 20.9 Å². The molecule has 2 amide bonds. The van der Waals surface area contributed by atoms with Crippen LogP contribution in [-0.2, 0) is 24.4 Å². The van der Waals surface area contributed by atoms with Gasteiger partial charge in [-0.1, -0.05) is 22.8 Å². The Labute approximate surface area is 262 Å². The molecular formula is C29H38ClN7O5S. The molecule has 3 N–H and O–H groups in total. The first kappa shape index (κ1) is 32.5. The number of carbonyl (C=O) groups is 2. The molecule has 1 saturated heterocycles. The summed E-state index contributed by atoms with van der Waals surface area (Å²) in [4.78, 5) is 36.6. The number of piperidine rings is 1. The third-order valence-electron chi connectivity index (χ3n) is 7.77. The van der Waals surface area contributed by atoms with Gasteiger partial charge in [-0.25, -0.2) is 9.97 Å². The van der Waals surface area contributed by atoms with Gasteiger partial charge >= 0.3 is 0 Å². The molecule has 0 spiro atoms. The van der Waals surface area contributed by atoms with Crippen LogP contribution in [0.5, 0.6) is 5.75 Å². The van der Waals surface area contributed by atoms with Gasteiger partial charge in [0.15, 0.2) is 0 Å². The van der Waals surface area contributed by atoms with Gasteiger partial charge in [0.25, 0.3) is 5.91 Å². The van der Waals surface area contributed by atoms with E-state index in [0.29, 0.717) is 49.4 Å². The second-order valence-corrected chi connectivity index (χ2v) is 11.2. The van der Waals surface area contributed by atoms with Crippen molar-refractivity contribution >= 4 is 42.7 Å². The van der Waals surface area contributed by atoms with E-state index in [9.17, 15) is 14.7 Å². The number of aliphatic hydroxyl groups excluding tert-OH is 1. The molecule has 43 heavy (non-hydrogen) atoms. The van der Waals surface area contributed by atoms with Crippen LogP contribution in [0.3, 0.4) is 0 Å². The van der Waals surface area contributed by atoms with Crippen molar-refractivity contribution in [2.24, 2.45) is 0 Å². The minimum absolute atomic E-state index is 0. The van der Waals surface area contributed by atoms with Crippen LogP contribution in [0.1, 0.15) is 52.6 Å². The molecule has 14 heteroatoms. The van der Waals surface area contributed by atoms with E-state index in [1.165, 1.54) is 6.33 Å². The Bertz CT molecular complexity index is 1420. The van der Waals surface area contributed by atoms with Crippen molar-refractivity contribution in [3.8, 4) is 5.75 Å². The number of hydrogen-bond acceptors (Lipinski definition) is 10. The van der Waals surface area contributed by atoms with Crippen LogP contribution in [0.15, 0.2) is 35.3 Å². The first-order valence-electron chi connectivity index (χ1n) is 14.1. The quantitative estimate of drug-likeness (QED) is 0.305. The van der Waals surface area contributed by atoms with Crippen molar-refractivity contribution in [1.82, 2.24) is 30.2 Å². The van der Waals surface area contributed by atoms with Crippen LogP contribution in [0, 0.1) is 6.92 Å². The fraction of sp³-hybridized carbons (Fsp3) is 0.483. The third-order valence-corrected chi connectivity index (χ3v) is 8.18. The monoisotopic (exact) mass is 631 g/mol. The SMILES string of the molecule is CC(=O)N1CCC(Nc2cc(C(=O)NC[C@H](O)CN3CCc4c(ccc(OCc5conc5C)c4Cl)C3)ncn2)CC1.S. The molecule has 1 aromatic carbocycles. The van der Waals surface area contributed by atoms with E-state index in [1.807, 2.05) is 24.0 Å². The normalized spacial score (nSPS) is 16.1. The van der Waals surface area contributed by atoms with E-state index in [0.717, 1.165) is 48.2 Å². The summed E-state index contributed by atoms with van der Waals surface area (Å²) >= 11 is 6.68. The Hall–Kier alpha value is -3.39. The van der Waals surface area contributed by atoms with Gasteiger partial charge in [0.05, 0.1) is 22.4 Å². The van der Waals surface area contributed by atoms with Crippen molar-refractivity contribution in [2.45, 2.75) is 58.4 Å². The largest absolute Gasteiger partial charge is 0.487 e. The molecule has 4 heterocycles. The van der Waals surface area contributed by atoms with Gasteiger partial charge in [-0.15, -0.1) is 0 Å². The lowest BCUT2D eigenvalue weighted by Gasteiger charge is -2.32. The third kappa shape index (κ3) is 8.37. The van der Waals surface area contributed by atoms with E-state index >= 15 is 0 Å². The van der Waals surface area contributed by atoms with Crippen LogP contribution in [-0.4, -0.2) is 86.7 Å². The number of amides is 2. The Morgan fingerprint density at radius 2 is 2.02 bits per heavy atom. The first-order valence-corrected chi connectivity index (χ1v) is 14.5. The number of hydrogen-bond donors (Lipinski definition) is 3. The molecule has 0 radical (unpaired) electrons. The van der Waals surface area contributed by atoms with E-state index in [-0.39, 0.29) is 43.6 Å². The molecule has 3 aromatic rings. The van der Waals surface area contributed by atoms with Crippen molar-refractivity contribution in [3.63, 3.8) is 0 Å². The van der Waals surface area contributed by atoms with E-state index in [2.05, 4.69) is 30.7 Å². The highest BCUT2D eigenvalue weighted by atomic mass is 35.5. The molecule has 0 aliphatic carbocycles. The summed E-state index contributed by atoms with van der Waals surface area (Å²) < 4.78 is 10.9. The topological polar surface area (TPSA) is 146 Å². The van der Waals surface area contributed by atoms with Gasteiger partial charge in [0.2, 0.25) is 5.91 Å².